The third-order valence-electron chi connectivity index (χ3n) is 5.47. The van der Waals surface area contributed by atoms with Crippen molar-refractivity contribution in [3.8, 4) is 0 Å². The molecule has 2 aromatic carbocycles. The lowest BCUT2D eigenvalue weighted by atomic mass is 10.0. The van der Waals surface area contributed by atoms with Crippen LogP contribution in [0.2, 0.25) is 0 Å². The van der Waals surface area contributed by atoms with E-state index in [0.29, 0.717) is 17.7 Å². The van der Waals surface area contributed by atoms with Crippen LogP contribution in [0.5, 0.6) is 0 Å². The molecule has 31 heavy (non-hydrogen) atoms. The zero-order valence-corrected chi connectivity index (χ0v) is 18.2. The third kappa shape index (κ3) is 6.52. The molecule has 2 N–H and O–H groups in total. The molecule has 1 aliphatic heterocycles. The quantitative estimate of drug-likeness (QED) is 0.637. The van der Waals surface area contributed by atoms with Gasteiger partial charge in [-0.3, -0.25) is 9.59 Å². The first-order chi connectivity index (χ1) is 14.9. The van der Waals surface area contributed by atoms with E-state index in [4.69, 9.17) is 0 Å². The third-order valence-corrected chi connectivity index (χ3v) is 5.47. The van der Waals surface area contributed by atoms with E-state index in [1.165, 1.54) is 18.2 Å². The van der Waals surface area contributed by atoms with Gasteiger partial charge in [0, 0.05) is 36.9 Å². The average Bonchev–Trinajstić information content (AvgIpc) is 2.77. The van der Waals surface area contributed by atoms with Crippen LogP contribution in [-0.4, -0.2) is 63.0 Å². The van der Waals surface area contributed by atoms with Crippen LogP contribution in [0.15, 0.2) is 48.5 Å². The smallest absolute Gasteiger partial charge is 0.253 e. The van der Waals surface area contributed by atoms with Gasteiger partial charge in [-0.25, -0.2) is 4.39 Å². The number of piperidine rings is 1. The van der Waals surface area contributed by atoms with Gasteiger partial charge >= 0.3 is 0 Å². The first-order valence-electron chi connectivity index (χ1n) is 10.8. The van der Waals surface area contributed by atoms with Crippen LogP contribution in [0.3, 0.4) is 0 Å². The second-order valence-electron chi connectivity index (χ2n) is 8.18. The van der Waals surface area contributed by atoms with Crippen molar-refractivity contribution in [2.75, 3.05) is 45.2 Å². The van der Waals surface area contributed by atoms with Gasteiger partial charge in [-0.05, 0) is 70.2 Å². The lowest BCUT2D eigenvalue weighted by Crippen LogP contribution is -2.45. The van der Waals surface area contributed by atoms with Gasteiger partial charge in [0.1, 0.15) is 5.82 Å². The van der Waals surface area contributed by atoms with Gasteiger partial charge in [0.2, 0.25) is 0 Å². The van der Waals surface area contributed by atoms with Gasteiger partial charge < -0.3 is 20.4 Å². The number of hydrogen-bond acceptors (Lipinski definition) is 4. The van der Waals surface area contributed by atoms with E-state index >= 15 is 0 Å². The molecule has 7 heteroatoms. The summed E-state index contributed by atoms with van der Waals surface area (Å²) < 4.78 is 13.4. The molecule has 6 nitrogen and oxygen atoms in total. The van der Waals surface area contributed by atoms with Gasteiger partial charge in [0.05, 0.1) is 5.56 Å². The summed E-state index contributed by atoms with van der Waals surface area (Å²) in [5.74, 6) is -0.731. The highest BCUT2D eigenvalue weighted by Gasteiger charge is 2.24. The highest BCUT2D eigenvalue weighted by atomic mass is 19.1. The Bertz CT molecular complexity index is 895. The SMILES string of the molecule is CN(C)CCCNC(=O)c1ccccc1N1CCC(NC(=O)c2cccc(F)c2)CC1. The van der Waals surface area contributed by atoms with Crippen LogP contribution in [0.4, 0.5) is 10.1 Å². The molecule has 0 atom stereocenters. The molecule has 0 saturated carbocycles. The molecule has 0 bridgehead atoms. The number of rotatable bonds is 8. The average molecular weight is 427 g/mol. The van der Waals surface area contributed by atoms with E-state index < -0.39 is 5.82 Å². The Morgan fingerprint density at radius 3 is 2.52 bits per heavy atom. The number of nitrogens with zero attached hydrogens (tertiary/aromatic N) is 2. The Morgan fingerprint density at radius 2 is 1.81 bits per heavy atom. The van der Waals surface area contributed by atoms with Crippen LogP contribution in [0.1, 0.15) is 40.0 Å². The maximum Gasteiger partial charge on any atom is 0.253 e. The largest absolute Gasteiger partial charge is 0.371 e. The topological polar surface area (TPSA) is 64.7 Å². The predicted molar refractivity (Wildman–Crippen MR) is 121 cm³/mol. The number of hydrogen-bond donors (Lipinski definition) is 2. The first-order valence-corrected chi connectivity index (χ1v) is 10.8. The van der Waals surface area contributed by atoms with Gasteiger partial charge in [0.25, 0.3) is 11.8 Å². The minimum atomic E-state index is -0.418. The molecule has 1 aliphatic rings. The maximum atomic E-state index is 13.4. The van der Waals surface area contributed by atoms with E-state index in [-0.39, 0.29) is 17.9 Å². The van der Waals surface area contributed by atoms with Crippen molar-refractivity contribution in [2.24, 2.45) is 0 Å². The number of carbonyl (C=O) groups is 2. The summed E-state index contributed by atoms with van der Waals surface area (Å²) in [7, 11) is 4.03. The minimum Gasteiger partial charge on any atom is -0.371 e. The number of benzene rings is 2. The lowest BCUT2D eigenvalue weighted by Gasteiger charge is -2.35. The van der Waals surface area contributed by atoms with Crippen molar-refractivity contribution >= 4 is 17.5 Å². The molecule has 0 radical (unpaired) electrons. The van der Waals surface area contributed by atoms with Crippen molar-refractivity contribution in [2.45, 2.75) is 25.3 Å². The molecule has 166 valence electrons. The van der Waals surface area contributed by atoms with Crippen molar-refractivity contribution in [3.05, 3.63) is 65.5 Å². The minimum absolute atomic E-state index is 0.0269. The summed E-state index contributed by atoms with van der Waals surface area (Å²) in [6.45, 7) is 3.04. The molecule has 0 unspecified atom stereocenters. The normalized spacial score (nSPS) is 14.5. The van der Waals surface area contributed by atoms with Crippen LogP contribution >= 0.6 is 0 Å². The first kappa shape index (κ1) is 22.7. The molecule has 2 aromatic rings. The van der Waals surface area contributed by atoms with Crippen molar-refractivity contribution in [1.82, 2.24) is 15.5 Å². The molecule has 3 rings (SSSR count). The highest BCUT2D eigenvalue weighted by molar-refractivity contribution is 5.99. The molecule has 0 aromatic heterocycles. The monoisotopic (exact) mass is 426 g/mol. The predicted octanol–water partition coefficient (Wildman–Crippen LogP) is 2.91. The Kier molecular flexibility index (Phi) is 8.00. The van der Waals surface area contributed by atoms with E-state index in [1.807, 2.05) is 38.4 Å². The molecule has 2 amide bonds. The molecule has 1 fully saturated rings. The number of anilines is 1. The van der Waals surface area contributed by atoms with E-state index in [0.717, 1.165) is 44.6 Å². The van der Waals surface area contributed by atoms with Gasteiger partial charge in [-0.2, -0.15) is 0 Å². The van der Waals surface area contributed by atoms with Crippen LogP contribution in [-0.2, 0) is 0 Å². The summed E-state index contributed by atoms with van der Waals surface area (Å²) in [4.78, 5) is 29.4. The standard InChI is InChI=1S/C24H31FN4O2/c1-28(2)14-6-13-26-24(31)21-9-3-4-10-22(21)29-15-11-20(12-16-29)27-23(30)18-7-5-8-19(25)17-18/h3-5,7-10,17,20H,6,11-16H2,1-2H3,(H,26,31)(H,27,30). The van der Waals surface area contributed by atoms with Gasteiger partial charge in [-0.15, -0.1) is 0 Å². The summed E-state index contributed by atoms with van der Waals surface area (Å²) in [6.07, 6.45) is 2.43. The number of para-hydroxylation sites is 1. The van der Waals surface area contributed by atoms with E-state index in [1.54, 1.807) is 6.07 Å². The zero-order valence-electron chi connectivity index (χ0n) is 18.2. The van der Waals surface area contributed by atoms with E-state index in [9.17, 15) is 14.0 Å². The Balaban J connectivity index is 1.55. The molecule has 0 aliphatic carbocycles. The molecular weight excluding hydrogens is 395 g/mol. The summed E-state index contributed by atoms with van der Waals surface area (Å²) in [6, 6.07) is 13.4. The Hall–Kier alpha value is -2.93. The fraction of sp³-hybridized carbons (Fsp3) is 0.417. The number of amides is 2. The summed E-state index contributed by atoms with van der Waals surface area (Å²) >= 11 is 0. The molecule has 0 spiro atoms. The second kappa shape index (κ2) is 10.9. The number of nitrogens with one attached hydrogen (secondary N) is 2. The van der Waals surface area contributed by atoms with Crippen molar-refractivity contribution < 1.29 is 14.0 Å². The molecule has 1 saturated heterocycles. The lowest BCUT2D eigenvalue weighted by molar-refractivity contribution is 0.0929. The van der Waals surface area contributed by atoms with Crippen LogP contribution < -0.4 is 15.5 Å². The fourth-order valence-electron chi connectivity index (χ4n) is 3.80. The van der Waals surface area contributed by atoms with Crippen LogP contribution in [0.25, 0.3) is 0 Å². The fourth-order valence-corrected chi connectivity index (χ4v) is 3.80. The highest BCUT2D eigenvalue weighted by Crippen LogP contribution is 2.24. The summed E-state index contributed by atoms with van der Waals surface area (Å²) in [5.41, 5.74) is 1.93. The van der Waals surface area contributed by atoms with Gasteiger partial charge in [-0.1, -0.05) is 18.2 Å². The van der Waals surface area contributed by atoms with Crippen molar-refractivity contribution in [1.29, 1.82) is 0 Å². The molecular formula is C24H31FN4O2. The van der Waals surface area contributed by atoms with E-state index in [2.05, 4.69) is 20.4 Å². The number of carbonyl (C=O) groups excluding carboxylic acids is 2. The second-order valence-corrected chi connectivity index (χ2v) is 8.18. The van der Waals surface area contributed by atoms with Crippen molar-refractivity contribution in [3.63, 3.8) is 0 Å². The summed E-state index contributed by atoms with van der Waals surface area (Å²) in [5, 5.41) is 6.01. The Labute approximate surface area is 183 Å². The Morgan fingerprint density at radius 1 is 1.06 bits per heavy atom. The van der Waals surface area contributed by atoms with Crippen LogP contribution in [0, 0.1) is 5.82 Å². The maximum absolute atomic E-state index is 13.4. The zero-order chi connectivity index (χ0) is 22.2. The number of halogens is 1. The van der Waals surface area contributed by atoms with Gasteiger partial charge in [0.15, 0.2) is 0 Å². The molecule has 1 heterocycles.